The highest BCUT2D eigenvalue weighted by Gasteiger charge is 2.33. The molecule has 0 aliphatic rings. The van der Waals surface area contributed by atoms with Crippen LogP contribution in [0.5, 0.6) is 0 Å². The van der Waals surface area contributed by atoms with Crippen molar-refractivity contribution in [2.24, 2.45) is 0 Å². The van der Waals surface area contributed by atoms with Crippen molar-refractivity contribution < 1.29 is 18.3 Å². The van der Waals surface area contributed by atoms with Crippen molar-refractivity contribution in [1.82, 2.24) is 0 Å². The molecule has 0 aromatic heterocycles. The Kier molecular flexibility index (Phi) is 3.90. The first-order chi connectivity index (χ1) is 8.98. The van der Waals surface area contributed by atoms with E-state index in [0.29, 0.717) is 5.56 Å². The zero-order valence-electron chi connectivity index (χ0n) is 9.98. The molecule has 0 heterocycles. The molecule has 1 radical (unpaired) electrons. The summed E-state index contributed by atoms with van der Waals surface area (Å²) in [5, 5.41) is 9.91. The topological polar surface area (TPSA) is 20.2 Å². The number of hydrogen-bond donors (Lipinski definition) is 1. The smallest absolute Gasteiger partial charge is 0.381 e. The molecule has 0 atom stereocenters. The van der Waals surface area contributed by atoms with Gasteiger partial charge in [0.05, 0.1) is 5.56 Å². The average molecular weight is 265 g/mol. The van der Waals surface area contributed by atoms with E-state index in [1.54, 1.807) is 30.3 Å². The third-order valence-electron chi connectivity index (χ3n) is 2.79. The number of aliphatic hydroxyl groups excluding tert-OH is 1. The molecule has 0 aliphatic heterocycles. The van der Waals surface area contributed by atoms with E-state index in [1.807, 2.05) is 0 Å². The molecular weight excluding hydrogens is 253 g/mol. The molecule has 1 N–H and O–H groups in total. The van der Waals surface area contributed by atoms with Gasteiger partial charge in [-0.25, -0.2) is 0 Å². The van der Waals surface area contributed by atoms with Gasteiger partial charge >= 0.3 is 6.18 Å². The zero-order valence-corrected chi connectivity index (χ0v) is 9.98. The van der Waals surface area contributed by atoms with E-state index in [1.165, 1.54) is 18.2 Å². The molecule has 99 valence electrons. The summed E-state index contributed by atoms with van der Waals surface area (Å²) >= 11 is 0. The van der Waals surface area contributed by atoms with Gasteiger partial charge in [0.25, 0.3) is 0 Å². The van der Waals surface area contributed by atoms with Gasteiger partial charge in [-0.3, -0.25) is 0 Å². The van der Waals surface area contributed by atoms with Crippen molar-refractivity contribution in [3.63, 3.8) is 0 Å². The van der Waals surface area contributed by atoms with E-state index >= 15 is 0 Å². The van der Waals surface area contributed by atoms with Crippen LogP contribution >= 0.6 is 0 Å². The van der Waals surface area contributed by atoms with Gasteiger partial charge in [-0.15, -0.1) is 0 Å². The molecule has 0 bridgehead atoms. The van der Waals surface area contributed by atoms with Gasteiger partial charge in [-0.05, 0) is 17.2 Å². The van der Waals surface area contributed by atoms with Crippen molar-refractivity contribution in [2.75, 3.05) is 0 Å². The van der Waals surface area contributed by atoms with Gasteiger partial charge in [0.2, 0.25) is 0 Å². The second-order valence-electron chi connectivity index (χ2n) is 4.14. The Balaban J connectivity index is 2.25. The van der Waals surface area contributed by atoms with Crippen LogP contribution in [0.2, 0.25) is 0 Å². The molecule has 0 fully saturated rings. The van der Waals surface area contributed by atoms with E-state index < -0.39 is 11.7 Å². The van der Waals surface area contributed by atoms with Crippen molar-refractivity contribution >= 4 is 0 Å². The van der Waals surface area contributed by atoms with E-state index in [4.69, 9.17) is 0 Å². The molecule has 0 amide bonds. The first-order valence-electron chi connectivity index (χ1n) is 5.74. The summed E-state index contributed by atoms with van der Waals surface area (Å²) in [6.07, 6.45) is -4.62. The number of halogens is 3. The Labute approximate surface area is 109 Å². The van der Waals surface area contributed by atoms with Crippen LogP contribution in [0.25, 0.3) is 0 Å². The standard InChI is InChI=1S/C15H12F3O/c16-15(17,18)13-9-5-4-8-12(13)10-14(19)11-6-2-1-3-7-11/h1-9,19H,10H2. The molecule has 1 nitrogen and oxygen atoms in total. The predicted octanol–water partition coefficient (Wildman–Crippen LogP) is 4.20. The largest absolute Gasteiger partial charge is 0.416 e. The van der Waals surface area contributed by atoms with Crippen molar-refractivity contribution in [3.8, 4) is 0 Å². The average Bonchev–Trinajstić information content (AvgIpc) is 2.39. The van der Waals surface area contributed by atoms with Crippen LogP contribution in [-0.4, -0.2) is 5.11 Å². The Morgan fingerprint density at radius 1 is 0.895 bits per heavy atom. The van der Waals surface area contributed by atoms with Gasteiger partial charge in [-0.1, -0.05) is 48.5 Å². The zero-order chi connectivity index (χ0) is 13.9. The highest BCUT2D eigenvalue weighted by Crippen LogP contribution is 2.33. The van der Waals surface area contributed by atoms with Gasteiger partial charge in [-0.2, -0.15) is 13.2 Å². The molecular formula is C15H12F3O. The third-order valence-corrected chi connectivity index (χ3v) is 2.79. The maximum absolute atomic E-state index is 12.8. The minimum Gasteiger partial charge on any atom is -0.381 e. The minimum absolute atomic E-state index is 0.0661. The van der Waals surface area contributed by atoms with Crippen LogP contribution in [0, 0.1) is 6.10 Å². The Hall–Kier alpha value is -1.81. The van der Waals surface area contributed by atoms with Crippen LogP contribution in [0.1, 0.15) is 16.7 Å². The van der Waals surface area contributed by atoms with Crippen molar-refractivity contribution in [1.29, 1.82) is 0 Å². The number of rotatable bonds is 3. The summed E-state index contributed by atoms with van der Waals surface area (Å²) in [6.45, 7) is 0. The molecule has 2 aromatic rings. The molecule has 0 saturated carbocycles. The molecule has 4 heteroatoms. The summed E-state index contributed by atoms with van der Waals surface area (Å²) in [6, 6.07) is 13.8. The highest BCUT2D eigenvalue weighted by atomic mass is 19.4. The first kappa shape index (κ1) is 13.6. The molecule has 0 spiro atoms. The maximum atomic E-state index is 12.8. The van der Waals surface area contributed by atoms with E-state index in [-0.39, 0.29) is 18.1 Å². The second-order valence-corrected chi connectivity index (χ2v) is 4.14. The number of hydrogen-bond acceptors (Lipinski definition) is 1. The summed E-state index contributed by atoms with van der Waals surface area (Å²) < 4.78 is 38.4. The summed E-state index contributed by atoms with van der Waals surface area (Å²) in [5.41, 5.74) is -0.117. The second kappa shape index (κ2) is 5.45. The lowest BCUT2D eigenvalue weighted by atomic mass is 9.97. The fourth-order valence-electron chi connectivity index (χ4n) is 1.86. The van der Waals surface area contributed by atoms with Crippen molar-refractivity contribution in [2.45, 2.75) is 12.6 Å². The number of aliphatic hydroxyl groups is 1. The molecule has 19 heavy (non-hydrogen) atoms. The summed E-state index contributed by atoms with van der Waals surface area (Å²) in [7, 11) is 0. The Bertz CT molecular complexity index is 535. The Morgan fingerprint density at radius 3 is 2.11 bits per heavy atom. The van der Waals surface area contributed by atoms with Gasteiger partial charge < -0.3 is 5.11 Å². The quantitative estimate of drug-likeness (QED) is 0.881. The van der Waals surface area contributed by atoms with Crippen molar-refractivity contribution in [3.05, 3.63) is 77.4 Å². The fourth-order valence-corrected chi connectivity index (χ4v) is 1.86. The number of alkyl halides is 3. The Morgan fingerprint density at radius 2 is 1.47 bits per heavy atom. The van der Waals surface area contributed by atoms with E-state index in [9.17, 15) is 18.3 Å². The fraction of sp³-hybridized carbons (Fsp3) is 0.133. The third kappa shape index (κ3) is 3.35. The van der Waals surface area contributed by atoms with Gasteiger partial charge in [0.15, 0.2) is 0 Å². The van der Waals surface area contributed by atoms with Crippen LogP contribution < -0.4 is 0 Å². The summed E-state index contributed by atoms with van der Waals surface area (Å²) in [5.74, 6) is 0. The number of benzene rings is 2. The van der Waals surface area contributed by atoms with Crippen LogP contribution in [0.4, 0.5) is 13.2 Å². The SMILES string of the molecule is O[C](Cc1ccccc1C(F)(F)F)c1ccccc1. The van der Waals surface area contributed by atoms with Gasteiger partial charge in [0.1, 0.15) is 6.10 Å². The predicted molar refractivity (Wildman–Crippen MR) is 65.9 cm³/mol. The lowest BCUT2D eigenvalue weighted by Gasteiger charge is -2.15. The summed E-state index contributed by atoms with van der Waals surface area (Å²) in [4.78, 5) is 0. The van der Waals surface area contributed by atoms with E-state index in [2.05, 4.69) is 0 Å². The molecule has 0 unspecified atom stereocenters. The maximum Gasteiger partial charge on any atom is 0.416 e. The van der Waals surface area contributed by atoms with Crippen LogP contribution in [-0.2, 0) is 12.6 Å². The monoisotopic (exact) mass is 265 g/mol. The molecule has 2 rings (SSSR count). The van der Waals surface area contributed by atoms with Gasteiger partial charge in [0, 0.05) is 6.42 Å². The van der Waals surface area contributed by atoms with Crippen LogP contribution in [0.15, 0.2) is 54.6 Å². The highest BCUT2D eigenvalue weighted by molar-refractivity contribution is 5.35. The molecule has 2 aromatic carbocycles. The minimum atomic E-state index is -4.41. The lowest BCUT2D eigenvalue weighted by Crippen LogP contribution is -2.12. The lowest BCUT2D eigenvalue weighted by molar-refractivity contribution is -0.138. The van der Waals surface area contributed by atoms with E-state index in [0.717, 1.165) is 6.07 Å². The molecule has 0 aliphatic carbocycles. The molecule has 0 saturated heterocycles. The normalized spacial score (nSPS) is 11.8. The first-order valence-corrected chi connectivity index (χ1v) is 5.74. The van der Waals surface area contributed by atoms with Crippen LogP contribution in [0.3, 0.4) is 0 Å².